The minimum atomic E-state index is -0.373. The van der Waals surface area contributed by atoms with Crippen LogP contribution >= 0.6 is 0 Å². The van der Waals surface area contributed by atoms with Gasteiger partial charge in [0, 0.05) is 5.69 Å². The molecule has 5 nitrogen and oxygen atoms in total. The predicted octanol–water partition coefficient (Wildman–Crippen LogP) is 1.78. The van der Waals surface area contributed by atoms with Crippen LogP contribution in [0.1, 0.15) is 12.5 Å². The molecule has 1 N–H and O–H groups in total. The highest BCUT2D eigenvalue weighted by Gasteiger charge is 2.19. The molecule has 1 aliphatic rings. The number of nitriles is 1. The lowest BCUT2D eigenvalue weighted by Gasteiger charge is -2.19. The molecule has 1 aromatic rings. The number of hydrogen-bond donors (Lipinski definition) is 1. The number of ether oxygens (including phenoxy) is 2. The molecule has 0 unspecified atom stereocenters. The zero-order valence-corrected chi connectivity index (χ0v) is 9.90. The molecule has 5 heteroatoms. The summed E-state index contributed by atoms with van der Waals surface area (Å²) in [5, 5.41) is 11.4. The van der Waals surface area contributed by atoms with Crippen molar-refractivity contribution in [2.75, 3.05) is 18.5 Å². The van der Waals surface area contributed by atoms with Gasteiger partial charge < -0.3 is 14.8 Å². The van der Waals surface area contributed by atoms with E-state index in [0.717, 1.165) is 0 Å². The van der Waals surface area contributed by atoms with Crippen molar-refractivity contribution in [3.8, 4) is 6.07 Å². The van der Waals surface area contributed by atoms with Crippen molar-refractivity contribution in [1.82, 2.24) is 0 Å². The second-order valence-electron chi connectivity index (χ2n) is 3.73. The Morgan fingerprint density at radius 3 is 2.89 bits per heavy atom. The lowest BCUT2D eigenvalue weighted by atomic mass is 10.2. The number of nitrogens with one attached hydrogen (secondary N) is 1. The number of benzene rings is 1. The van der Waals surface area contributed by atoms with E-state index < -0.39 is 0 Å². The lowest BCUT2D eigenvalue weighted by molar-refractivity contribution is -0.117. The van der Waals surface area contributed by atoms with E-state index >= 15 is 0 Å². The van der Waals surface area contributed by atoms with E-state index in [1.807, 2.05) is 6.07 Å². The van der Waals surface area contributed by atoms with Gasteiger partial charge in [0.2, 0.25) is 5.76 Å². The number of carbonyl (C=O) groups is 1. The van der Waals surface area contributed by atoms with E-state index in [0.29, 0.717) is 30.2 Å². The quantitative estimate of drug-likeness (QED) is 0.860. The largest absolute Gasteiger partial charge is 0.491 e. The van der Waals surface area contributed by atoms with Gasteiger partial charge in [-0.05, 0) is 25.1 Å². The Labute approximate surface area is 105 Å². The van der Waals surface area contributed by atoms with Gasteiger partial charge >= 0.3 is 0 Å². The van der Waals surface area contributed by atoms with Crippen LogP contribution in [0.4, 0.5) is 5.69 Å². The van der Waals surface area contributed by atoms with Gasteiger partial charge in [-0.3, -0.25) is 4.79 Å². The molecule has 0 saturated carbocycles. The Bertz CT molecular complexity index is 543. The van der Waals surface area contributed by atoms with Crippen molar-refractivity contribution in [2.24, 2.45) is 0 Å². The molecule has 18 heavy (non-hydrogen) atoms. The number of anilines is 1. The molecular weight excluding hydrogens is 232 g/mol. The molecule has 0 aliphatic carbocycles. The van der Waals surface area contributed by atoms with Crippen molar-refractivity contribution >= 4 is 11.6 Å². The lowest BCUT2D eigenvalue weighted by Crippen LogP contribution is -2.23. The summed E-state index contributed by atoms with van der Waals surface area (Å²) in [5.74, 6) is 0.279. The van der Waals surface area contributed by atoms with Gasteiger partial charge in [0.25, 0.3) is 5.91 Å². The fourth-order valence-corrected chi connectivity index (χ4v) is 1.59. The molecule has 92 valence electrons. The fraction of sp³-hybridized carbons (Fsp3) is 0.231. The first kappa shape index (κ1) is 12.0. The second-order valence-corrected chi connectivity index (χ2v) is 3.73. The van der Waals surface area contributed by atoms with E-state index in [-0.39, 0.29) is 11.7 Å². The Balaban J connectivity index is 2.14. The molecule has 1 heterocycles. The maximum absolute atomic E-state index is 11.9. The van der Waals surface area contributed by atoms with E-state index in [9.17, 15) is 4.79 Å². The molecule has 0 fully saturated rings. The fourth-order valence-electron chi connectivity index (χ4n) is 1.59. The first-order valence-electron chi connectivity index (χ1n) is 5.48. The molecule has 0 saturated heterocycles. The van der Waals surface area contributed by atoms with Gasteiger partial charge in [0.1, 0.15) is 19.0 Å². The van der Waals surface area contributed by atoms with E-state index in [1.54, 1.807) is 31.2 Å². The Hall–Kier alpha value is -2.48. The third-order valence-corrected chi connectivity index (χ3v) is 2.42. The normalized spacial score (nSPS) is 14.2. The Morgan fingerprint density at radius 2 is 2.17 bits per heavy atom. The molecule has 1 aromatic carbocycles. The average molecular weight is 244 g/mol. The van der Waals surface area contributed by atoms with Gasteiger partial charge in [0.15, 0.2) is 0 Å². The van der Waals surface area contributed by atoms with Crippen LogP contribution in [0.25, 0.3) is 0 Å². The molecule has 2 rings (SSSR count). The monoisotopic (exact) mass is 244 g/mol. The first-order chi connectivity index (χ1) is 8.70. The zero-order valence-electron chi connectivity index (χ0n) is 9.90. The van der Waals surface area contributed by atoms with Crippen molar-refractivity contribution < 1.29 is 14.3 Å². The number of hydrogen-bond acceptors (Lipinski definition) is 4. The van der Waals surface area contributed by atoms with Crippen molar-refractivity contribution in [3.63, 3.8) is 0 Å². The average Bonchev–Trinajstić information content (AvgIpc) is 2.39. The maximum Gasteiger partial charge on any atom is 0.294 e. The summed E-state index contributed by atoms with van der Waals surface area (Å²) in [6.07, 6.45) is 0. The highest BCUT2D eigenvalue weighted by molar-refractivity contribution is 6.02. The standard InChI is InChI=1S/C13H12N2O3/c1-9-12(18-6-5-17-9)13(16)15-11-4-2-3-10(7-11)8-14/h2-4,7H,5-6H2,1H3,(H,15,16). The van der Waals surface area contributed by atoms with Gasteiger partial charge in [-0.1, -0.05) is 6.07 Å². The number of allylic oxidation sites excluding steroid dienone is 1. The minimum absolute atomic E-state index is 0.184. The number of carbonyl (C=O) groups excluding carboxylic acids is 1. The highest BCUT2D eigenvalue weighted by atomic mass is 16.6. The number of nitrogens with zero attached hydrogens (tertiary/aromatic N) is 1. The molecule has 0 radical (unpaired) electrons. The molecule has 0 atom stereocenters. The van der Waals surface area contributed by atoms with Crippen LogP contribution in [-0.4, -0.2) is 19.1 Å². The highest BCUT2D eigenvalue weighted by Crippen LogP contribution is 2.16. The van der Waals surface area contributed by atoms with E-state index in [1.165, 1.54) is 0 Å². The molecule has 0 aromatic heterocycles. The molecule has 1 amide bonds. The van der Waals surface area contributed by atoms with Gasteiger partial charge in [-0.25, -0.2) is 0 Å². The molecule has 0 bridgehead atoms. The smallest absolute Gasteiger partial charge is 0.294 e. The molecule has 0 spiro atoms. The van der Waals surface area contributed by atoms with Crippen LogP contribution < -0.4 is 5.32 Å². The number of amides is 1. The van der Waals surface area contributed by atoms with Crippen LogP contribution in [0.15, 0.2) is 35.8 Å². The van der Waals surface area contributed by atoms with E-state index in [4.69, 9.17) is 14.7 Å². The molecule has 1 aliphatic heterocycles. The third-order valence-electron chi connectivity index (χ3n) is 2.42. The van der Waals surface area contributed by atoms with Crippen molar-refractivity contribution in [1.29, 1.82) is 5.26 Å². The third kappa shape index (κ3) is 2.61. The summed E-state index contributed by atoms with van der Waals surface area (Å²) in [6.45, 7) is 2.49. The molecular formula is C13H12N2O3. The second kappa shape index (κ2) is 5.23. The van der Waals surface area contributed by atoms with Crippen LogP contribution in [0.5, 0.6) is 0 Å². The maximum atomic E-state index is 11.9. The van der Waals surface area contributed by atoms with Gasteiger partial charge in [-0.15, -0.1) is 0 Å². The Kier molecular flexibility index (Phi) is 3.49. The van der Waals surface area contributed by atoms with Gasteiger partial charge in [0.05, 0.1) is 11.6 Å². The summed E-state index contributed by atoms with van der Waals surface area (Å²) < 4.78 is 10.5. The zero-order chi connectivity index (χ0) is 13.0. The minimum Gasteiger partial charge on any atom is -0.491 e. The predicted molar refractivity (Wildman–Crippen MR) is 64.4 cm³/mol. The van der Waals surface area contributed by atoms with Gasteiger partial charge in [-0.2, -0.15) is 5.26 Å². The summed E-state index contributed by atoms with van der Waals surface area (Å²) >= 11 is 0. The SMILES string of the molecule is CC1=C(C(=O)Nc2cccc(C#N)c2)OCCO1. The van der Waals surface area contributed by atoms with E-state index in [2.05, 4.69) is 5.32 Å². The Morgan fingerprint density at radius 1 is 1.39 bits per heavy atom. The van der Waals surface area contributed by atoms with Crippen molar-refractivity contribution in [3.05, 3.63) is 41.3 Å². The van der Waals surface area contributed by atoms with Crippen molar-refractivity contribution in [2.45, 2.75) is 6.92 Å². The summed E-state index contributed by atoms with van der Waals surface area (Å²) in [6, 6.07) is 8.68. The van der Waals surface area contributed by atoms with Crippen LogP contribution in [-0.2, 0) is 14.3 Å². The summed E-state index contributed by atoms with van der Waals surface area (Å²) in [5.41, 5.74) is 1.04. The summed E-state index contributed by atoms with van der Waals surface area (Å²) in [4.78, 5) is 11.9. The topological polar surface area (TPSA) is 71.4 Å². The van der Waals surface area contributed by atoms with Crippen LogP contribution in [0, 0.1) is 11.3 Å². The number of rotatable bonds is 2. The summed E-state index contributed by atoms with van der Waals surface area (Å²) in [7, 11) is 0. The van der Waals surface area contributed by atoms with Crippen LogP contribution in [0.3, 0.4) is 0 Å². The first-order valence-corrected chi connectivity index (χ1v) is 5.48. The van der Waals surface area contributed by atoms with Crippen LogP contribution in [0.2, 0.25) is 0 Å².